The van der Waals surface area contributed by atoms with E-state index in [-0.39, 0.29) is 39.0 Å². The molecule has 0 atom stereocenters. The van der Waals surface area contributed by atoms with Crippen molar-refractivity contribution in [3.63, 3.8) is 0 Å². The minimum atomic E-state index is -4.94. The van der Waals surface area contributed by atoms with Gasteiger partial charge in [0.15, 0.2) is 0 Å². The van der Waals surface area contributed by atoms with E-state index in [0.717, 1.165) is 22.3 Å². The second-order valence-corrected chi connectivity index (χ2v) is 9.04. The van der Waals surface area contributed by atoms with Crippen LogP contribution in [-0.2, 0) is 28.0 Å². The van der Waals surface area contributed by atoms with E-state index >= 15 is 0 Å². The van der Waals surface area contributed by atoms with E-state index in [9.17, 15) is 0 Å². The summed E-state index contributed by atoms with van der Waals surface area (Å²) in [6.07, 6.45) is 13.5. The zero-order valence-corrected chi connectivity index (χ0v) is 26.6. The second-order valence-electron chi connectivity index (χ2n) is 7.52. The molecule has 0 aromatic carbocycles. The average molecular weight is 785 g/mol. The summed E-state index contributed by atoms with van der Waals surface area (Å²) in [5.41, 5.74) is 3.42. The van der Waals surface area contributed by atoms with Gasteiger partial charge in [0.2, 0.25) is 23.6 Å². The molecule has 6 aromatic heterocycles. The van der Waals surface area contributed by atoms with Crippen molar-refractivity contribution in [2.75, 3.05) is 0 Å². The Kier molecular flexibility index (Phi) is 23.7. The Labute approximate surface area is 289 Å². The average Bonchev–Trinajstić information content (AvgIpc) is 3.69. The molecule has 0 aliphatic heterocycles. The van der Waals surface area contributed by atoms with Crippen LogP contribution >= 0.6 is 0 Å². The first-order valence-electron chi connectivity index (χ1n) is 11.4. The van der Waals surface area contributed by atoms with Gasteiger partial charge in [0, 0.05) is 71.8 Å². The van der Waals surface area contributed by atoms with Gasteiger partial charge in [0.05, 0.1) is 0 Å². The van der Waals surface area contributed by atoms with Crippen LogP contribution < -0.4 is 37.3 Å². The molecule has 0 fully saturated rings. The molecule has 49 heavy (non-hydrogen) atoms. The first-order valence-corrected chi connectivity index (χ1v) is 13.9. The molecule has 6 rings (SSSR count). The van der Waals surface area contributed by atoms with Crippen LogP contribution in [0.5, 0.6) is 0 Å². The Morgan fingerprint density at radius 1 is 0.367 bits per heavy atom. The summed E-state index contributed by atoms with van der Waals surface area (Å²) in [4.78, 5) is 15.8. The minimum absolute atomic E-state index is 0. The fourth-order valence-corrected chi connectivity index (χ4v) is 2.89. The maximum Gasteiger partial charge on any atom is 2.00 e. The third kappa shape index (κ3) is 19.8. The number of rotatable bonds is 4. The van der Waals surface area contributed by atoms with Gasteiger partial charge in [0.25, 0.3) is 0 Å². The van der Waals surface area contributed by atoms with Crippen LogP contribution in [0.15, 0.2) is 107 Å². The molecule has 10 N–H and O–H groups in total. The quantitative estimate of drug-likeness (QED) is 0.118. The smallest absolute Gasteiger partial charge is 0.457 e. The summed E-state index contributed by atoms with van der Waals surface area (Å²) in [5.74, 6) is 1.94. The molecule has 0 bridgehead atoms. The fourth-order valence-electron chi connectivity index (χ4n) is 2.89. The van der Waals surface area contributed by atoms with Crippen molar-refractivity contribution in [1.29, 1.82) is 0 Å². The van der Waals surface area contributed by atoms with Gasteiger partial charge in [-0.1, -0.05) is 0 Å². The maximum absolute atomic E-state index is 8.49. The van der Waals surface area contributed by atoms with Crippen molar-refractivity contribution >= 4 is 0 Å². The van der Waals surface area contributed by atoms with Crippen molar-refractivity contribution < 1.29 is 106 Å². The molecule has 0 aliphatic rings. The standard InChI is InChI=1S/2C12H8N4O.2ClHO4.Cu.4H2O/c2*1-5-13-6-2-9(1)11-15-16-12(17-11)10-3-7-14-8-4-10;2*2-1(3,4)5;;;;;/h2*1-8H;2*(H,2,3,4,5);;4*1H2/q;;;;+2;;;;. The van der Waals surface area contributed by atoms with Gasteiger partial charge < -0.3 is 30.7 Å². The van der Waals surface area contributed by atoms with Gasteiger partial charge in [-0.3, -0.25) is 19.9 Å². The third-order valence-corrected chi connectivity index (χ3v) is 4.56. The Hall–Kier alpha value is -4.50. The summed E-state index contributed by atoms with van der Waals surface area (Å²) in [7, 11) is -9.89. The first kappa shape index (κ1) is 48.9. The Balaban J connectivity index is -0.000000630. The van der Waals surface area contributed by atoms with Crippen molar-refractivity contribution in [1.82, 2.24) is 40.3 Å². The summed E-state index contributed by atoms with van der Waals surface area (Å²) in [6, 6.07) is 14.6. The molecule has 269 valence electrons. The molecule has 1 radical (unpaired) electrons. The summed E-state index contributed by atoms with van der Waals surface area (Å²) < 4.78 is 79.1. The number of pyridine rings is 4. The zero-order chi connectivity index (χ0) is 32.0. The van der Waals surface area contributed by atoms with Gasteiger partial charge in [0.1, 0.15) is 0 Å². The molecular formula is C24H26Cl2CuN8O14+2. The van der Waals surface area contributed by atoms with Crippen molar-refractivity contribution in [2.45, 2.75) is 0 Å². The van der Waals surface area contributed by atoms with Crippen LogP contribution in [0.3, 0.4) is 0 Å². The van der Waals surface area contributed by atoms with Crippen LogP contribution in [0.4, 0.5) is 0 Å². The summed E-state index contributed by atoms with van der Waals surface area (Å²) >= 11 is 0. The molecular weight excluding hydrogens is 759 g/mol. The van der Waals surface area contributed by atoms with Gasteiger partial charge >= 0.3 is 17.1 Å². The van der Waals surface area contributed by atoms with E-state index in [1.165, 1.54) is 0 Å². The topological polar surface area (TPSA) is 443 Å². The first-order chi connectivity index (χ1) is 20.9. The van der Waals surface area contributed by atoms with Gasteiger partial charge in [-0.15, -0.1) is 40.9 Å². The van der Waals surface area contributed by atoms with Gasteiger partial charge in [-0.2, -0.15) is 0 Å². The maximum atomic E-state index is 8.49. The van der Waals surface area contributed by atoms with Crippen molar-refractivity contribution in [2.24, 2.45) is 0 Å². The minimum Gasteiger partial charge on any atom is -0.457 e. The van der Waals surface area contributed by atoms with E-state index in [1.54, 1.807) is 49.6 Å². The Bertz CT molecular complexity index is 1420. The Morgan fingerprint density at radius 2 is 0.510 bits per heavy atom. The number of nitrogens with zero attached hydrogens (tertiary/aromatic N) is 8. The van der Waals surface area contributed by atoms with Gasteiger partial charge in [-0.05, 0) is 48.5 Å². The number of halogens is 2. The number of aromatic nitrogens is 8. The van der Waals surface area contributed by atoms with Gasteiger partial charge in [-0.25, -0.2) is 37.3 Å². The van der Waals surface area contributed by atoms with E-state index in [4.69, 9.17) is 46.1 Å². The monoisotopic (exact) mass is 783 g/mol. The molecule has 0 aliphatic carbocycles. The van der Waals surface area contributed by atoms with E-state index in [1.807, 2.05) is 48.5 Å². The SMILES string of the molecule is O.O.[Cu+2].[O-][Cl+3]([O-])([O-])[O-].[O-][Cl+3]([O-])([O-])[O-].[OH3+].[OH3+].c1cc(-c2nnc(-c3ccncc3)o2)ccn1.c1cc(-c2nnc(-c3ccncc3)o2)ccn1. The van der Waals surface area contributed by atoms with Crippen molar-refractivity contribution in [3.8, 4) is 45.8 Å². The molecule has 6 aromatic rings. The zero-order valence-electron chi connectivity index (χ0n) is 24.1. The summed E-state index contributed by atoms with van der Waals surface area (Å²) in [6.45, 7) is 0. The predicted octanol–water partition coefficient (Wildman–Crippen LogP) is -8.62. The molecule has 0 unspecified atom stereocenters. The van der Waals surface area contributed by atoms with Crippen LogP contribution in [0.1, 0.15) is 0 Å². The van der Waals surface area contributed by atoms with Crippen molar-refractivity contribution in [3.05, 3.63) is 98.1 Å². The molecule has 0 saturated heterocycles. The predicted molar refractivity (Wildman–Crippen MR) is 138 cm³/mol. The molecule has 0 saturated carbocycles. The third-order valence-electron chi connectivity index (χ3n) is 4.56. The Morgan fingerprint density at radius 3 is 0.653 bits per heavy atom. The molecule has 0 spiro atoms. The molecule has 6 heterocycles. The normalized spacial score (nSPS) is 9.63. The van der Waals surface area contributed by atoms with E-state index in [0.29, 0.717) is 23.6 Å². The number of hydrogen-bond acceptors (Lipinski definition) is 18. The van der Waals surface area contributed by atoms with Crippen LogP contribution in [-0.4, -0.2) is 51.3 Å². The molecule has 22 nitrogen and oxygen atoms in total. The fraction of sp³-hybridized carbons (Fsp3) is 0. The second kappa shape index (κ2) is 23.8. The number of hydrogen-bond donors (Lipinski definition) is 0. The van der Waals surface area contributed by atoms with Crippen LogP contribution in [0.25, 0.3) is 45.8 Å². The van der Waals surface area contributed by atoms with Crippen LogP contribution in [0.2, 0.25) is 0 Å². The van der Waals surface area contributed by atoms with E-state index < -0.39 is 20.5 Å². The largest absolute Gasteiger partial charge is 2.00 e. The summed E-state index contributed by atoms with van der Waals surface area (Å²) in [5, 5.41) is 16.0. The van der Waals surface area contributed by atoms with Crippen LogP contribution in [0, 0.1) is 20.5 Å². The molecule has 0 amide bonds. The van der Waals surface area contributed by atoms with E-state index in [2.05, 4.69) is 40.3 Å². The molecule has 25 heteroatoms.